The number of hydrogen-bond acceptors (Lipinski definition) is 12. The third-order valence-electron chi connectivity index (χ3n) is 0. The number of hydrogen-bond donors (Lipinski definition) is 0. The van der Waals surface area contributed by atoms with Crippen LogP contribution in [-0.4, -0.2) is 0 Å². The van der Waals surface area contributed by atoms with Crippen LogP contribution in [0.25, 0.3) is 0 Å². The summed E-state index contributed by atoms with van der Waals surface area (Å²) < 4.78 is 0. The molecule has 0 aromatic rings. The molecule has 0 rings (SSSR count). The maximum absolute atomic E-state index is 8.48. The van der Waals surface area contributed by atoms with Gasteiger partial charge in [-0.1, -0.05) is 0 Å². The summed E-state index contributed by atoms with van der Waals surface area (Å²) in [5.74, 6) is 0. The topological polar surface area (TPSA) is 277 Å². The summed E-state index contributed by atoms with van der Waals surface area (Å²) >= 11 is 0. The molecule has 12 nitrogen and oxygen atoms in total. The van der Waals surface area contributed by atoms with Gasteiger partial charge in [0.25, 0.3) is 0 Å². The largest absolute Gasteiger partial charge is 0.854 e. The fourth-order valence-corrected chi connectivity index (χ4v) is 0. The van der Waals surface area contributed by atoms with Crippen molar-refractivity contribution in [2.45, 2.75) is 0 Å². The summed E-state index contributed by atoms with van der Waals surface area (Å²) in [6.45, 7) is 0. The van der Waals surface area contributed by atoms with Gasteiger partial charge < -0.3 is 93.1 Å². The van der Waals surface area contributed by atoms with Crippen molar-refractivity contribution in [3.05, 3.63) is 0 Å². The third kappa shape index (κ3) is 727. The van der Waals surface area contributed by atoms with Crippen LogP contribution in [0.5, 0.6) is 0 Å². The predicted octanol–water partition coefficient (Wildman–Crippen LogP) is -10.8. The standard InChI is InChI=1S/4O3P.3W/c4*1-4(2)3;;;/q4*-3;;;. The van der Waals surface area contributed by atoms with E-state index in [0.29, 0.717) is 0 Å². The van der Waals surface area contributed by atoms with E-state index in [9.17, 15) is 0 Å². The molecule has 0 amide bonds. The minimum absolute atomic E-state index is 0. The third-order valence-corrected chi connectivity index (χ3v) is 0. The van der Waals surface area contributed by atoms with Crippen LogP contribution in [0.4, 0.5) is 0 Å². The maximum atomic E-state index is 8.48. The summed E-state index contributed by atoms with van der Waals surface area (Å²) in [5.41, 5.74) is 0. The Morgan fingerprint density at radius 1 is 0.263 bits per heavy atom. The molecule has 0 N–H and O–H groups in total. The van der Waals surface area contributed by atoms with Crippen molar-refractivity contribution >= 4 is 34.4 Å². The summed E-state index contributed by atoms with van der Waals surface area (Å²) in [4.78, 5) is 102. The van der Waals surface area contributed by atoms with Crippen molar-refractivity contribution in [3.8, 4) is 0 Å². The quantitative estimate of drug-likeness (QED) is 0.205. The summed E-state index contributed by atoms with van der Waals surface area (Å²) in [7, 11) is -13.5. The first-order chi connectivity index (χ1) is 6.93. The van der Waals surface area contributed by atoms with Gasteiger partial charge in [-0.15, -0.1) is 0 Å². The van der Waals surface area contributed by atoms with Crippen LogP contribution in [0.3, 0.4) is 0 Å². The first-order valence-electron chi connectivity index (χ1n) is 2.19. The number of rotatable bonds is 0. The smallest absolute Gasteiger partial charge is 0 e. The molecular weight excluding hydrogens is 867 g/mol. The normalized spacial score (nSPS) is 7.58. The maximum Gasteiger partial charge on any atom is 0 e. The van der Waals surface area contributed by atoms with Crippen molar-refractivity contribution in [1.29, 1.82) is 0 Å². The Labute approximate surface area is 155 Å². The van der Waals surface area contributed by atoms with Crippen molar-refractivity contribution in [2.24, 2.45) is 0 Å². The SMILES string of the molecule is [O-]P([O-])[O-].[O-]P([O-])[O-].[O-]P([O-])[O-].[O-]P([O-])[O-].[W].[W].[W]. The first-order valence-corrected chi connectivity index (χ1v) is 6.57. The van der Waals surface area contributed by atoms with Gasteiger partial charge in [-0.25, -0.2) is 0 Å². The Hall–Kier alpha value is 3.30. The average Bonchev–Trinajstić information content (AvgIpc) is 1.76. The molecule has 0 spiro atoms. The zero-order valence-electron chi connectivity index (χ0n) is 7.91. The van der Waals surface area contributed by atoms with Gasteiger partial charge >= 0.3 is 0 Å². The van der Waals surface area contributed by atoms with Gasteiger partial charge in [0.05, 0.1) is 0 Å². The van der Waals surface area contributed by atoms with Gasteiger partial charge in [0, 0.05) is 63.2 Å². The monoisotopic (exact) mass is 868 g/mol. The average molecular weight is 867 g/mol. The molecule has 0 saturated carbocycles. The minimum atomic E-state index is -3.37. The molecule has 19 heavy (non-hydrogen) atoms. The Morgan fingerprint density at radius 2 is 0.263 bits per heavy atom. The fourth-order valence-electron chi connectivity index (χ4n) is 0. The van der Waals surface area contributed by atoms with Crippen LogP contribution in [0.2, 0.25) is 0 Å². The van der Waals surface area contributed by atoms with Gasteiger partial charge in [0.1, 0.15) is 0 Å². The van der Waals surface area contributed by atoms with E-state index in [1.807, 2.05) is 0 Å². The molecular formula is O12P4W3-12. The van der Waals surface area contributed by atoms with Gasteiger partial charge in [-0.2, -0.15) is 0 Å². The Kier molecular flexibility index (Phi) is 85.3. The van der Waals surface area contributed by atoms with Crippen LogP contribution >= 0.6 is 34.4 Å². The second-order valence-corrected chi connectivity index (χ2v) is 2.68. The molecule has 19 heteroatoms. The van der Waals surface area contributed by atoms with Gasteiger partial charge in [0.15, 0.2) is 0 Å². The van der Waals surface area contributed by atoms with Crippen LogP contribution in [0.1, 0.15) is 0 Å². The van der Waals surface area contributed by atoms with E-state index in [-0.39, 0.29) is 63.2 Å². The molecule has 0 radical (unpaired) electrons. The molecule has 0 fully saturated rings. The zero-order chi connectivity index (χ0) is 14.3. The van der Waals surface area contributed by atoms with Crippen LogP contribution in [0, 0.1) is 0 Å². The van der Waals surface area contributed by atoms with Gasteiger partial charge in [-0.3, -0.25) is 0 Å². The first kappa shape index (κ1) is 43.2. The van der Waals surface area contributed by atoms with Crippen molar-refractivity contribution < 1.29 is 122 Å². The van der Waals surface area contributed by atoms with E-state index in [1.54, 1.807) is 0 Å². The molecule has 0 aliphatic carbocycles. The molecule has 122 valence electrons. The zero-order valence-corrected chi connectivity index (χ0v) is 20.3. The van der Waals surface area contributed by atoms with Crippen molar-refractivity contribution in [2.75, 3.05) is 0 Å². The minimum Gasteiger partial charge on any atom is -0.854 e. The molecule has 0 aliphatic rings. The van der Waals surface area contributed by atoms with Crippen molar-refractivity contribution in [3.63, 3.8) is 0 Å². The van der Waals surface area contributed by atoms with Crippen molar-refractivity contribution in [1.82, 2.24) is 0 Å². The second kappa shape index (κ2) is 37.5. The molecule has 0 aliphatic heterocycles. The second-order valence-electron chi connectivity index (χ2n) is 0.894. The predicted molar refractivity (Wildman–Crippen MR) is 27.7 cm³/mol. The van der Waals surface area contributed by atoms with Gasteiger partial charge in [0.2, 0.25) is 0 Å². The van der Waals surface area contributed by atoms with E-state index >= 15 is 0 Å². The Balaban J connectivity index is -0.0000000192. The Bertz CT molecular complexity index is 68.0. The van der Waals surface area contributed by atoms with Crippen LogP contribution in [-0.2, 0) is 63.2 Å². The molecule has 0 saturated heterocycles. The summed E-state index contributed by atoms with van der Waals surface area (Å²) in [6.07, 6.45) is 0. The van der Waals surface area contributed by atoms with Crippen LogP contribution < -0.4 is 58.7 Å². The van der Waals surface area contributed by atoms with E-state index in [4.69, 9.17) is 58.7 Å². The Morgan fingerprint density at radius 3 is 0.263 bits per heavy atom. The summed E-state index contributed by atoms with van der Waals surface area (Å²) in [5, 5.41) is 0. The summed E-state index contributed by atoms with van der Waals surface area (Å²) in [6, 6.07) is 0. The van der Waals surface area contributed by atoms with E-state index in [2.05, 4.69) is 0 Å². The van der Waals surface area contributed by atoms with Gasteiger partial charge in [-0.05, 0) is 0 Å². The van der Waals surface area contributed by atoms with E-state index < -0.39 is 34.4 Å². The molecule has 0 atom stereocenters. The molecule has 0 aromatic carbocycles. The van der Waals surface area contributed by atoms with E-state index in [1.165, 1.54) is 0 Å². The molecule has 0 heterocycles. The van der Waals surface area contributed by atoms with E-state index in [0.717, 1.165) is 0 Å². The van der Waals surface area contributed by atoms with Crippen LogP contribution in [0.15, 0.2) is 0 Å². The molecule has 0 bridgehead atoms. The fraction of sp³-hybridized carbons (Fsp3) is 0. The molecule has 0 unspecified atom stereocenters. The molecule has 0 aromatic heterocycles.